The molecule has 1 aromatic heterocycles. The predicted octanol–water partition coefficient (Wildman–Crippen LogP) is 1.03. The van der Waals surface area contributed by atoms with E-state index in [4.69, 9.17) is 5.73 Å². The smallest absolute Gasteiger partial charge is 0.146 e. The van der Waals surface area contributed by atoms with E-state index in [0.29, 0.717) is 11.9 Å². The Kier molecular flexibility index (Phi) is 3.71. The van der Waals surface area contributed by atoms with E-state index in [1.807, 2.05) is 26.2 Å². The zero-order valence-corrected chi connectivity index (χ0v) is 8.99. The van der Waals surface area contributed by atoms with Crippen LogP contribution in [0.3, 0.4) is 0 Å². The molecule has 1 rings (SSSR count). The molecule has 14 heavy (non-hydrogen) atoms. The number of nitrogens with two attached hydrogens (primary N) is 1. The average molecular weight is 194 g/mol. The van der Waals surface area contributed by atoms with Gasteiger partial charge in [-0.05, 0) is 33.2 Å². The number of nitrogen functional groups attached to an aromatic ring is 1. The van der Waals surface area contributed by atoms with Gasteiger partial charge in [-0.2, -0.15) is 0 Å². The Labute approximate surface area is 85.1 Å². The summed E-state index contributed by atoms with van der Waals surface area (Å²) in [6.45, 7) is 3.08. The molecule has 0 aliphatic rings. The summed E-state index contributed by atoms with van der Waals surface area (Å²) in [7, 11) is 4.09. The van der Waals surface area contributed by atoms with Crippen molar-refractivity contribution < 1.29 is 0 Å². The second kappa shape index (κ2) is 4.81. The van der Waals surface area contributed by atoms with Crippen molar-refractivity contribution in [2.45, 2.75) is 13.0 Å². The minimum atomic E-state index is 0.358. The SMILES string of the molecule is CC(CN(C)C)Nc1cccnc1N. The van der Waals surface area contributed by atoms with Crippen molar-refractivity contribution >= 4 is 11.5 Å². The van der Waals surface area contributed by atoms with Gasteiger partial charge < -0.3 is 16.0 Å². The molecule has 4 heteroatoms. The summed E-state index contributed by atoms with van der Waals surface area (Å²) in [5, 5.41) is 3.31. The molecule has 0 aromatic carbocycles. The maximum atomic E-state index is 5.71. The number of nitrogens with one attached hydrogen (secondary N) is 1. The van der Waals surface area contributed by atoms with Crippen molar-refractivity contribution in [2.75, 3.05) is 31.7 Å². The number of anilines is 2. The van der Waals surface area contributed by atoms with Crippen LogP contribution in [-0.2, 0) is 0 Å². The molecule has 0 bridgehead atoms. The largest absolute Gasteiger partial charge is 0.382 e. The molecule has 0 fully saturated rings. The Balaban J connectivity index is 2.56. The summed E-state index contributed by atoms with van der Waals surface area (Å²) >= 11 is 0. The van der Waals surface area contributed by atoms with Gasteiger partial charge in [-0.15, -0.1) is 0 Å². The van der Waals surface area contributed by atoms with Crippen LogP contribution in [-0.4, -0.2) is 36.6 Å². The highest BCUT2D eigenvalue weighted by molar-refractivity contribution is 5.61. The summed E-state index contributed by atoms with van der Waals surface area (Å²) in [5.41, 5.74) is 6.62. The van der Waals surface area contributed by atoms with E-state index in [1.54, 1.807) is 6.20 Å². The zero-order valence-electron chi connectivity index (χ0n) is 8.99. The molecule has 1 atom stereocenters. The van der Waals surface area contributed by atoms with Crippen LogP contribution < -0.4 is 11.1 Å². The van der Waals surface area contributed by atoms with Gasteiger partial charge >= 0.3 is 0 Å². The van der Waals surface area contributed by atoms with Crippen LogP contribution in [0.15, 0.2) is 18.3 Å². The van der Waals surface area contributed by atoms with Crippen LogP contribution in [0, 0.1) is 0 Å². The number of pyridine rings is 1. The van der Waals surface area contributed by atoms with E-state index in [2.05, 4.69) is 22.1 Å². The highest BCUT2D eigenvalue weighted by Gasteiger charge is 2.05. The molecule has 1 heterocycles. The normalized spacial score (nSPS) is 12.9. The topological polar surface area (TPSA) is 54.2 Å². The Morgan fingerprint density at radius 1 is 1.57 bits per heavy atom. The van der Waals surface area contributed by atoms with Crippen molar-refractivity contribution in [3.63, 3.8) is 0 Å². The zero-order chi connectivity index (χ0) is 10.6. The first-order valence-electron chi connectivity index (χ1n) is 4.71. The lowest BCUT2D eigenvalue weighted by Gasteiger charge is -2.19. The number of aromatic nitrogens is 1. The van der Waals surface area contributed by atoms with Crippen molar-refractivity contribution in [1.82, 2.24) is 9.88 Å². The molecule has 0 saturated carbocycles. The molecule has 0 amide bonds. The summed E-state index contributed by atoms with van der Waals surface area (Å²) in [4.78, 5) is 6.14. The molecule has 0 saturated heterocycles. The second-order valence-electron chi connectivity index (χ2n) is 3.74. The van der Waals surface area contributed by atoms with Crippen molar-refractivity contribution in [1.29, 1.82) is 0 Å². The fraction of sp³-hybridized carbons (Fsp3) is 0.500. The molecule has 3 N–H and O–H groups in total. The lowest BCUT2D eigenvalue weighted by molar-refractivity contribution is 0.392. The Hall–Kier alpha value is -1.29. The first kappa shape index (κ1) is 10.8. The molecule has 0 spiro atoms. The maximum absolute atomic E-state index is 5.71. The van der Waals surface area contributed by atoms with Crippen LogP contribution in [0.25, 0.3) is 0 Å². The molecule has 4 nitrogen and oxygen atoms in total. The summed E-state index contributed by atoms with van der Waals surface area (Å²) in [6.07, 6.45) is 1.69. The quantitative estimate of drug-likeness (QED) is 0.751. The van der Waals surface area contributed by atoms with Gasteiger partial charge in [0, 0.05) is 18.8 Å². The third kappa shape index (κ3) is 3.22. The summed E-state index contributed by atoms with van der Waals surface area (Å²) in [5.74, 6) is 0.554. The van der Waals surface area contributed by atoms with Gasteiger partial charge in [0.2, 0.25) is 0 Å². The monoisotopic (exact) mass is 194 g/mol. The average Bonchev–Trinajstić information content (AvgIpc) is 2.07. The van der Waals surface area contributed by atoms with Gasteiger partial charge in [0.15, 0.2) is 0 Å². The fourth-order valence-corrected chi connectivity index (χ4v) is 1.40. The molecule has 78 valence electrons. The van der Waals surface area contributed by atoms with E-state index < -0.39 is 0 Å². The van der Waals surface area contributed by atoms with Gasteiger partial charge in [-0.25, -0.2) is 4.98 Å². The molecule has 0 aliphatic heterocycles. The van der Waals surface area contributed by atoms with Crippen LogP contribution in [0.4, 0.5) is 11.5 Å². The minimum absolute atomic E-state index is 0.358. The van der Waals surface area contributed by atoms with Gasteiger partial charge in [-0.1, -0.05) is 0 Å². The Morgan fingerprint density at radius 2 is 2.29 bits per heavy atom. The highest BCUT2D eigenvalue weighted by Crippen LogP contribution is 2.14. The van der Waals surface area contributed by atoms with Crippen LogP contribution in [0.1, 0.15) is 6.92 Å². The molecule has 1 unspecified atom stereocenters. The van der Waals surface area contributed by atoms with Crippen LogP contribution in [0.5, 0.6) is 0 Å². The van der Waals surface area contributed by atoms with E-state index in [9.17, 15) is 0 Å². The lowest BCUT2D eigenvalue weighted by atomic mass is 10.3. The van der Waals surface area contributed by atoms with Crippen molar-refractivity contribution in [3.05, 3.63) is 18.3 Å². The Bertz CT molecular complexity index is 285. The van der Waals surface area contributed by atoms with Gasteiger partial charge in [0.05, 0.1) is 5.69 Å². The molecule has 0 aliphatic carbocycles. The molecular weight excluding hydrogens is 176 g/mol. The van der Waals surface area contributed by atoms with E-state index in [-0.39, 0.29) is 0 Å². The minimum Gasteiger partial charge on any atom is -0.382 e. The summed E-state index contributed by atoms with van der Waals surface area (Å²) in [6, 6.07) is 4.17. The summed E-state index contributed by atoms with van der Waals surface area (Å²) < 4.78 is 0. The molecule has 1 aromatic rings. The van der Waals surface area contributed by atoms with E-state index in [1.165, 1.54) is 0 Å². The van der Waals surface area contributed by atoms with Gasteiger partial charge in [0.25, 0.3) is 0 Å². The first-order chi connectivity index (χ1) is 6.59. The molecular formula is C10H18N4. The highest BCUT2D eigenvalue weighted by atomic mass is 15.1. The fourth-order valence-electron chi connectivity index (χ4n) is 1.40. The third-order valence-electron chi connectivity index (χ3n) is 1.88. The standard InChI is InChI=1S/C10H18N4/c1-8(7-14(2)3)13-9-5-4-6-12-10(9)11/h4-6,8,13H,7H2,1-3H3,(H2,11,12). The van der Waals surface area contributed by atoms with E-state index >= 15 is 0 Å². The third-order valence-corrected chi connectivity index (χ3v) is 1.88. The number of hydrogen-bond acceptors (Lipinski definition) is 4. The van der Waals surface area contributed by atoms with Crippen LogP contribution >= 0.6 is 0 Å². The van der Waals surface area contributed by atoms with Gasteiger partial charge in [-0.3, -0.25) is 0 Å². The van der Waals surface area contributed by atoms with Gasteiger partial charge in [0.1, 0.15) is 5.82 Å². The number of likely N-dealkylation sites (N-methyl/N-ethyl adjacent to an activating group) is 1. The predicted molar refractivity (Wildman–Crippen MR) is 60.3 cm³/mol. The van der Waals surface area contributed by atoms with Crippen molar-refractivity contribution in [3.8, 4) is 0 Å². The van der Waals surface area contributed by atoms with E-state index in [0.717, 1.165) is 12.2 Å². The first-order valence-corrected chi connectivity index (χ1v) is 4.71. The molecule has 0 radical (unpaired) electrons. The number of rotatable bonds is 4. The number of nitrogens with zero attached hydrogens (tertiary/aromatic N) is 2. The van der Waals surface area contributed by atoms with Crippen molar-refractivity contribution in [2.24, 2.45) is 0 Å². The lowest BCUT2D eigenvalue weighted by Crippen LogP contribution is -2.29. The second-order valence-corrected chi connectivity index (χ2v) is 3.74. The van der Waals surface area contributed by atoms with Crippen LogP contribution in [0.2, 0.25) is 0 Å². The maximum Gasteiger partial charge on any atom is 0.146 e. The number of hydrogen-bond donors (Lipinski definition) is 2. The Morgan fingerprint density at radius 3 is 2.86 bits per heavy atom.